The van der Waals surface area contributed by atoms with E-state index in [1.165, 1.54) is 16.8 Å². The largest absolute Gasteiger partial charge is 0.370 e. The van der Waals surface area contributed by atoms with Crippen LogP contribution in [0.4, 0.5) is 5.69 Å². The third kappa shape index (κ3) is 6.04. The fraction of sp³-hybridized carbons (Fsp3) is 0.391. The molecule has 0 spiro atoms. The predicted molar refractivity (Wildman–Crippen MR) is 137 cm³/mol. The van der Waals surface area contributed by atoms with Gasteiger partial charge < -0.3 is 20.4 Å². The summed E-state index contributed by atoms with van der Waals surface area (Å²) in [5, 5.41) is 0.751. The third-order valence-electron chi connectivity index (χ3n) is 5.81. The number of amides is 1. The number of carbonyl (C=O) groups excluding carboxylic acids is 1. The molecule has 1 saturated heterocycles. The minimum absolute atomic E-state index is 0. The van der Waals surface area contributed by atoms with Gasteiger partial charge >= 0.3 is 0 Å². The molecule has 0 atom stereocenters. The van der Waals surface area contributed by atoms with E-state index in [9.17, 15) is 4.79 Å². The van der Waals surface area contributed by atoms with Crippen molar-refractivity contribution in [2.24, 2.45) is 10.7 Å². The lowest BCUT2D eigenvalue weighted by Gasteiger charge is -2.36. The number of fused-ring (bicyclic) bond motifs is 1. The zero-order chi connectivity index (χ0) is 20.9. The molecule has 2 N–H and O–H groups in total. The summed E-state index contributed by atoms with van der Waals surface area (Å²) in [5.74, 6) is 0.767. The lowest BCUT2D eigenvalue weighted by molar-refractivity contribution is -0.131. The van der Waals surface area contributed by atoms with Gasteiger partial charge in [-0.1, -0.05) is 35.9 Å². The predicted octanol–water partition coefficient (Wildman–Crippen LogP) is 3.72. The summed E-state index contributed by atoms with van der Waals surface area (Å²) in [6.45, 7) is 5.48. The summed E-state index contributed by atoms with van der Waals surface area (Å²) >= 11 is 5.97. The van der Waals surface area contributed by atoms with E-state index in [2.05, 4.69) is 26.9 Å². The van der Waals surface area contributed by atoms with Gasteiger partial charge in [0.2, 0.25) is 5.91 Å². The molecular formula is C23H29ClIN5O. The Labute approximate surface area is 206 Å². The summed E-state index contributed by atoms with van der Waals surface area (Å²) in [6.07, 6.45) is 1.23. The van der Waals surface area contributed by atoms with Crippen molar-refractivity contribution < 1.29 is 4.79 Å². The fourth-order valence-corrected chi connectivity index (χ4v) is 4.16. The molecule has 0 aromatic heterocycles. The lowest BCUT2D eigenvalue weighted by atomic mass is 10.1. The van der Waals surface area contributed by atoms with Gasteiger partial charge in [0, 0.05) is 62.9 Å². The van der Waals surface area contributed by atoms with Crippen molar-refractivity contribution in [3.63, 3.8) is 0 Å². The molecule has 0 bridgehead atoms. The Morgan fingerprint density at radius 1 is 0.935 bits per heavy atom. The number of carbonyl (C=O) groups is 1. The van der Waals surface area contributed by atoms with Gasteiger partial charge in [0.25, 0.3) is 0 Å². The van der Waals surface area contributed by atoms with Gasteiger partial charge in [0.05, 0.1) is 0 Å². The normalized spacial score (nSPS) is 16.2. The van der Waals surface area contributed by atoms with Gasteiger partial charge in [-0.3, -0.25) is 9.79 Å². The number of benzene rings is 2. The van der Waals surface area contributed by atoms with E-state index in [4.69, 9.17) is 17.3 Å². The highest BCUT2D eigenvalue weighted by molar-refractivity contribution is 14.0. The van der Waals surface area contributed by atoms with E-state index in [0.717, 1.165) is 50.7 Å². The molecule has 2 heterocycles. The smallest absolute Gasteiger partial charge is 0.223 e. The quantitative estimate of drug-likeness (QED) is 0.265. The minimum Gasteiger partial charge on any atom is -0.370 e. The second kappa shape index (κ2) is 11.0. The van der Waals surface area contributed by atoms with Crippen LogP contribution in [0.3, 0.4) is 0 Å². The molecule has 6 nitrogen and oxygen atoms in total. The van der Waals surface area contributed by atoms with Gasteiger partial charge in [-0.25, -0.2) is 0 Å². The zero-order valence-electron chi connectivity index (χ0n) is 17.5. The van der Waals surface area contributed by atoms with E-state index >= 15 is 0 Å². The number of halogens is 2. The van der Waals surface area contributed by atoms with Crippen molar-refractivity contribution in [1.29, 1.82) is 0 Å². The highest BCUT2D eigenvalue weighted by atomic mass is 127. The number of hydrogen-bond acceptors (Lipinski definition) is 3. The van der Waals surface area contributed by atoms with Gasteiger partial charge in [-0.05, 0) is 41.8 Å². The topological polar surface area (TPSA) is 65.2 Å². The van der Waals surface area contributed by atoms with E-state index in [1.54, 1.807) is 0 Å². The Bertz CT molecular complexity index is 887. The fourth-order valence-electron chi connectivity index (χ4n) is 4.04. The monoisotopic (exact) mass is 553 g/mol. The second-order valence-electron chi connectivity index (χ2n) is 7.81. The average Bonchev–Trinajstić information content (AvgIpc) is 3.21. The first-order valence-electron chi connectivity index (χ1n) is 10.5. The number of rotatable bonds is 5. The molecule has 1 fully saturated rings. The van der Waals surface area contributed by atoms with Crippen molar-refractivity contribution in [2.75, 3.05) is 37.6 Å². The first-order valence-corrected chi connectivity index (χ1v) is 10.9. The summed E-state index contributed by atoms with van der Waals surface area (Å²) < 4.78 is 0. The van der Waals surface area contributed by atoms with Crippen LogP contribution in [0.15, 0.2) is 53.5 Å². The van der Waals surface area contributed by atoms with E-state index in [0.29, 0.717) is 18.9 Å². The highest BCUT2D eigenvalue weighted by Crippen LogP contribution is 2.23. The summed E-state index contributed by atoms with van der Waals surface area (Å²) in [5.41, 5.74) is 9.88. The number of anilines is 1. The molecule has 2 aliphatic heterocycles. The number of guanidine groups is 1. The Morgan fingerprint density at radius 3 is 2.16 bits per heavy atom. The van der Waals surface area contributed by atoms with Gasteiger partial charge in [0.1, 0.15) is 0 Å². The Kier molecular flexibility index (Phi) is 8.43. The van der Waals surface area contributed by atoms with Crippen LogP contribution >= 0.6 is 35.6 Å². The van der Waals surface area contributed by atoms with Crippen molar-refractivity contribution in [1.82, 2.24) is 9.80 Å². The van der Waals surface area contributed by atoms with E-state index < -0.39 is 0 Å². The number of nitrogens with two attached hydrogens (primary N) is 1. The standard InChI is InChI=1S/C23H28ClN5O.HI/c24-20-7-9-21(10-8-20)27-12-14-28(15-13-27)23(25)26-11-3-6-22(30)29-16-18-4-1-2-5-19(18)17-29;/h1-2,4-5,7-10H,3,6,11-17H2,(H2,25,26);1H. The molecule has 0 aliphatic carbocycles. The highest BCUT2D eigenvalue weighted by Gasteiger charge is 2.22. The van der Waals surface area contributed by atoms with E-state index in [1.807, 2.05) is 41.3 Å². The Hall–Kier alpha value is -2.00. The van der Waals surface area contributed by atoms with Crippen LogP contribution in [0.2, 0.25) is 5.02 Å². The number of aliphatic imine (C=N–C) groups is 1. The number of piperazine rings is 1. The van der Waals surface area contributed by atoms with Crippen LogP contribution in [0, 0.1) is 0 Å². The molecule has 0 unspecified atom stereocenters. The molecule has 2 aromatic rings. The minimum atomic E-state index is 0. The number of hydrogen-bond donors (Lipinski definition) is 1. The lowest BCUT2D eigenvalue weighted by Crippen LogP contribution is -2.51. The van der Waals surface area contributed by atoms with E-state index in [-0.39, 0.29) is 29.9 Å². The summed E-state index contributed by atoms with van der Waals surface area (Å²) in [7, 11) is 0. The van der Waals surface area contributed by atoms with Crippen LogP contribution in [-0.2, 0) is 17.9 Å². The summed E-state index contributed by atoms with van der Waals surface area (Å²) in [4.78, 5) is 23.3. The van der Waals surface area contributed by atoms with Crippen molar-refractivity contribution in [2.45, 2.75) is 25.9 Å². The summed E-state index contributed by atoms with van der Waals surface area (Å²) in [6, 6.07) is 16.2. The molecule has 4 rings (SSSR count). The van der Waals surface area contributed by atoms with Gasteiger partial charge in [-0.15, -0.1) is 24.0 Å². The van der Waals surface area contributed by atoms with Crippen LogP contribution in [-0.4, -0.2) is 54.4 Å². The molecule has 2 aromatic carbocycles. The molecule has 166 valence electrons. The van der Waals surface area contributed by atoms with Gasteiger partial charge in [-0.2, -0.15) is 0 Å². The maximum atomic E-state index is 12.5. The molecule has 0 saturated carbocycles. The van der Waals surface area contributed by atoms with Crippen LogP contribution in [0.25, 0.3) is 0 Å². The maximum absolute atomic E-state index is 12.5. The molecule has 1 amide bonds. The molecule has 2 aliphatic rings. The molecular weight excluding hydrogens is 525 g/mol. The Morgan fingerprint density at radius 2 is 1.55 bits per heavy atom. The number of nitrogens with zero attached hydrogens (tertiary/aromatic N) is 4. The van der Waals surface area contributed by atoms with Crippen molar-refractivity contribution in [3.05, 3.63) is 64.7 Å². The van der Waals surface area contributed by atoms with Crippen molar-refractivity contribution in [3.8, 4) is 0 Å². The average molecular weight is 554 g/mol. The molecule has 0 radical (unpaired) electrons. The van der Waals surface area contributed by atoms with Crippen LogP contribution in [0.5, 0.6) is 0 Å². The van der Waals surface area contributed by atoms with Crippen molar-refractivity contribution >= 4 is 53.1 Å². The Balaban J connectivity index is 0.00000272. The third-order valence-corrected chi connectivity index (χ3v) is 6.06. The maximum Gasteiger partial charge on any atom is 0.223 e. The second-order valence-corrected chi connectivity index (χ2v) is 8.25. The first kappa shape index (κ1) is 23.7. The molecule has 31 heavy (non-hydrogen) atoms. The van der Waals surface area contributed by atoms with Crippen LogP contribution in [0.1, 0.15) is 24.0 Å². The zero-order valence-corrected chi connectivity index (χ0v) is 20.6. The molecule has 8 heteroatoms. The van der Waals surface area contributed by atoms with Crippen LogP contribution < -0.4 is 10.6 Å². The first-order chi connectivity index (χ1) is 14.6. The van der Waals surface area contributed by atoms with Gasteiger partial charge in [0.15, 0.2) is 5.96 Å². The SMILES string of the molecule is I.NC(=NCCCC(=O)N1Cc2ccccc2C1)N1CCN(c2ccc(Cl)cc2)CC1.